The molecule has 0 aliphatic heterocycles. The van der Waals surface area contributed by atoms with Crippen LogP contribution in [0.2, 0.25) is 5.04 Å². The summed E-state index contributed by atoms with van der Waals surface area (Å²) < 4.78 is 18.1. The number of allylic oxidation sites excluding steroid dienone is 1. The molecule has 0 fully saturated rings. The Balaban J connectivity index is 5.17. The zero-order valence-corrected chi connectivity index (χ0v) is 15.1. The maximum absolute atomic E-state index is 6.02. The topological polar surface area (TPSA) is 53.7 Å². The van der Waals surface area contributed by atoms with Gasteiger partial charge in [0.2, 0.25) is 0 Å². The molecule has 0 aliphatic carbocycles. The van der Waals surface area contributed by atoms with Crippen LogP contribution in [0.3, 0.4) is 0 Å². The fourth-order valence-electron chi connectivity index (χ4n) is 2.49. The van der Waals surface area contributed by atoms with Gasteiger partial charge in [-0.05, 0) is 47.1 Å². The van der Waals surface area contributed by atoms with E-state index in [0.717, 1.165) is 12.8 Å². The number of hydrogen-bond acceptors (Lipinski definition) is 4. The Kier molecular flexibility index (Phi) is 9.58. The minimum absolute atomic E-state index is 0.149. The van der Waals surface area contributed by atoms with Crippen LogP contribution >= 0.6 is 0 Å². The Labute approximate surface area is 126 Å². The molecule has 0 aromatic rings. The van der Waals surface area contributed by atoms with E-state index in [9.17, 15) is 0 Å². The van der Waals surface area contributed by atoms with Gasteiger partial charge in [0.1, 0.15) is 0 Å². The van der Waals surface area contributed by atoms with Gasteiger partial charge in [0.25, 0.3) is 0 Å². The van der Waals surface area contributed by atoms with Gasteiger partial charge in [-0.1, -0.05) is 25.5 Å². The van der Waals surface area contributed by atoms with Gasteiger partial charge in [0, 0.05) is 24.9 Å². The molecule has 0 spiro atoms. The lowest BCUT2D eigenvalue weighted by atomic mass is 10.0. The average molecular weight is 304 g/mol. The molecule has 2 N–H and O–H groups in total. The van der Waals surface area contributed by atoms with Crippen LogP contribution in [0, 0.1) is 0 Å². The molecule has 0 heterocycles. The van der Waals surface area contributed by atoms with E-state index < -0.39 is 8.80 Å². The Morgan fingerprint density at radius 1 is 1.05 bits per heavy atom. The van der Waals surface area contributed by atoms with Crippen molar-refractivity contribution in [1.82, 2.24) is 0 Å². The molecule has 0 aromatic carbocycles. The first kappa shape index (κ1) is 19.8. The van der Waals surface area contributed by atoms with Crippen molar-refractivity contribution >= 4 is 8.80 Å². The SMILES string of the molecule is CCO[Si](OCC)(OCC)C(C)(C)CC(C)=CCCN. The second-order valence-electron chi connectivity index (χ2n) is 5.54. The van der Waals surface area contributed by atoms with E-state index in [0.29, 0.717) is 26.4 Å². The molecule has 0 bridgehead atoms. The van der Waals surface area contributed by atoms with Gasteiger partial charge in [-0.2, -0.15) is 0 Å². The Bertz CT molecular complexity index is 276. The van der Waals surface area contributed by atoms with E-state index in [1.807, 2.05) is 20.8 Å². The molecule has 0 rings (SSSR count). The standard InChI is InChI=1S/C15H33NO3Si/c1-7-17-20(18-8-2,19-9-3)15(5,6)13-14(4)11-10-12-16/h11H,7-10,12-13,16H2,1-6H3. The largest absolute Gasteiger partial charge is 0.507 e. The molecule has 0 atom stereocenters. The Hall–Kier alpha value is -0.203. The van der Waals surface area contributed by atoms with Crippen molar-refractivity contribution in [2.24, 2.45) is 5.73 Å². The van der Waals surface area contributed by atoms with E-state index in [-0.39, 0.29) is 5.04 Å². The molecule has 0 radical (unpaired) electrons. The van der Waals surface area contributed by atoms with E-state index >= 15 is 0 Å². The first-order chi connectivity index (χ1) is 9.39. The van der Waals surface area contributed by atoms with Gasteiger partial charge in [0.15, 0.2) is 0 Å². The van der Waals surface area contributed by atoms with Crippen LogP contribution < -0.4 is 5.73 Å². The summed E-state index contributed by atoms with van der Waals surface area (Å²) in [7, 11) is -2.70. The highest BCUT2D eigenvalue weighted by molar-refractivity contribution is 6.64. The molecule has 0 unspecified atom stereocenters. The summed E-state index contributed by atoms with van der Waals surface area (Å²) in [6.07, 6.45) is 4.01. The van der Waals surface area contributed by atoms with Gasteiger partial charge in [-0.25, -0.2) is 0 Å². The monoisotopic (exact) mass is 303 g/mol. The van der Waals surface area contributed by atoms with Gasteiger partial charge in [-0.3, -0.25) is 0 Å². The first-order valence-electron chi connectivity index (χ1n) is 7.66. The van der Waals surface area contributed by atoms with E-state index in [1.165, 1.54) is 5.57 Å². The molecule has 4 nitrogen and oxygen atoms in total. The molecule has 20 heavy (non-hydrogen) atoms. The molecule has 0 aromatic heterocycles. The van der Waals surface area contributed by atoms with Crippen molar-refractivity contribution in [3.63, 3.8) is 0 Å². The van der Waals surface area contributed by atoms with Crippen LogP contribution in [0.1, 0.15) is 54.4 Å². The third kappa shape index (κ3) is 5.66. The van der Waals surface area contributed by atoms with Crippen molar-refractivity contribution < 1.29 is 13.3 Å². The molecule has 0 aliphatic rings. The summed E-state index contributed by atoms with van der Waals surface area (Å²) >= 11 is 0. The molecular weight excluding hydrogens is 270 g/mol. The lowest BCUT2D eigenvalue weighted by molar-refractivity contribution is 0.0479. The van der Waals surface area contributed by atoms with Crippen LogP contribution in [0.25, 0.3) is 0 Å². The third-order valence-electron chi connectivity index (χ3n) is 3.21. The summed E-state index contributed by atoms with van der Waals surface area (Å²) in [5, 5.41) is -0.149. The lowest BCUT2D eigenvalue weighted by Crippen LogP contribution is -2.54. The number of nitrogens with two attached hydrogens (primary N) is 1. The fraction of sp³-hybridized carbons (Fsp3) is 0.867. The predicted molar refractivity (Wildman–Crippen MR) is 86.7 cm³/mol. The summed E-state index contributed by atoms with van der Waals surface area (Å²) in [6.45, 7) is 15.0. The van der Waals surface area contributed by atoms with Crippen molar-refractivity contribution in [3.8, 4) is 0 Å². The smallest absolute Gasteiger partial charge is 0.373 e. The minimum atomic E-state index is -2.70. The molecule has 0 saturated carbocycles. The summed E-state index contributed by atoms with van der Waals surface area (Å²) in [6, 6.07) is 0. The Morgan fingerprint density at radius 2 is 1.50 bits per heavy atom. The summed E-state index contributed by atoms with van der Waals surface area (Å²) in [5.41, 5.74) is 6.88. The van der Waals surface area contributed by atoms with Gasteiger partial charge >= 0.3 is 8.80 Å². The number of rotatable bonds is 11. The summed E-state index contributed by atoms with van der Waals surface area (Å²) in [5.74, 6) is 0. The van der Waals surface area contributed by atoms with E-state index in [4.69, 9.17) is 19.0 Å². The normalized spacial score (nSPS) is 13.8. The van der Waals surface area contributed by atoms with Crippen molar-refractivity contribution in [3.05, 3.63) is 11.6 Å². The summed E-state index contributed by atoms with van der Waals surface area (Å²) in [4.78, 5) is 0. The van der Waals surface area contributed by atoms with Crippen molar-refractivity contribution in [2.45, 2.75) is 59.4 Å². The molecule has 0 saturated heterocycles. The van der Waals surface area contributed by atoms with Gasteiger partial charge < -0.3 is 19.0 Å². The second-order valence-corrected chi connectivity index (χ2v) is 8.88. The van der Waals surface area contributed by atoms with Crippen LogP contribution in [-0.2, 0) is 13.3 Å². The van der Waals surface area contributed by atoms with Crippen LogP contribution in [0.15, 0.2) is 11.6 Å². The van der Waals surface area contributed by atoms with Crippen LogP contribution in [0.4, 0.5) is 0 Å². The highest BCUT2D eigenvalue weighted by atomic mass is 28.4. The van der Waals surface area contributed by atoms with Crippen molar-refractivity contribution in [1.29, 1.82) is 0 Å². The molecular formula is C15H33NO3Si. The first-order valence-corrected chi connectivity index (χ1v) is 9.39. The quantitative estimate of drug-likeness (QED) is 0.469. The maximum Gasteiger partial charge on any atom is 0.507 e. The van der Waals surface area contributed by atoms with E-state index in [1.54, 1.807) is 0 Å². The van der Waals surface area contributed by atoms with E-state index in [2.05, 4.69) is 26.8 Å². The van der Waals surface area contributed by atoms with Crippen molar-refractivity contribution in [2.75, 3.05) is 26.4 Å². The third-order valence-corrected chi connectivity index (χ3v) is 7.05. The maximum atomic E-state index is 6.02. The second kappa shape index (κ2) is 9.68. The highest BCUT2D eigenvalue weighted by Crippen LogP contribution is 2.44. The zero-order valence-electron chi connectivity index (χ0n) is 14.1. The average Bonchev–Trinajstić information content (AvgIpc) is 2.36. The van der Waals surface area contributed by atoms with Crippen LogP contribution in [0.5, 0.6) is 0 Å². The predicted octanol–water partition coefficient (Wildman–Crippen LogP) is 3.50. The molecule has 0 amide bonds. The number of hydrogen-bond donors (Lipinski definition) is 1. The fourth-order valence-corrected chi connectivity index (χ4v) is 5.55. The van der Waals surface area contributed by atoms with Gasteiger partial charge in [-0.15, -0.1) is 0 Å². The highest BCUT2D eigenvalue weighted by Gasteiger charge is 2.55. The molecule has 120 valence electrons. The molecule has 5 heteroatoms. The zero-order chi connectivity index (χ0) is 15.6. The minimum Gasteiger partial charge on any atom is -0.373 e. The van der Waals surface area contributed by atoms with Gasteiger partial charge in [0.05, 0.1) is 0 Å². The lowest BCUT2D eigenvalue weighted by Gasteiger charge is -2.41. The van der Waals surface area contributed by atoms with Crippen LogP contribution in [-0.4, -0.2) is 35.2 Å². The Morgan fingerprint density at radius 3 is 1.85 bits per heavy atom.